The van der Waals surface area contributed by atoms with Gasteiger partial charge in [0.2, 0.25) is 0 Å². The maximum Gasteiger partial charge on any atom is 0.418 e. The molecule has 0 aliphatic rings. The van der Waals surface area contributed by atoms with Gasteiger partial charge in [-0.2, -0.15) is 13.2 Å². The molecule has 2 heterocycles. The highest BCUT2D eigenvalue weighted by Crippen LogP contribution is 2.37. The lowest BCUT2D eigenvalue weighted by Gasteiger charge is -2.14. The Labute approximate surface area is 196 Å². The van der Waals surface area contributed by atoms with Gasteiger partial charge in [-0.25, -0.2) is 9.97 Å². The van der Waals surface area contributed by atoms with Crippen LogP contribution >= 0.6 is 0 Å². The summed E-state index contributed by atoms with van der Waals surface area (Å²) in [6.45, 7) is 4.68. The number of nitrogens with zero attached hydrogens (tertiary/aromatic N) is 3. The van der Waals surface area contributed by atoms with E-state index in [9.17, 15) is 13.2 Å². The second kappa shape index (κ2) is 9.77. The van der Waals surface area contributed by atoms with E-state index in [0.29, 0.717) is 47.1 Å². The Morgan fingerprint density at radius 2 is 1.76 bits per heavy atom. The molecule has 0 bridgehead atoms. The molecule has 0 spiro atoms. The van der Waals surface area contributed by atoms with Crippen LogP contribution in [0.15, 0.2) is 60.8 Å². The van der Waals surface area contributed by atoms with E-state index in [1.807, 2.05) is 12.1 Å². The van der Waals surface area contributed by atoms with E-state index in [-0.39, 0.29) is 5.69 Å². The molecule has 4 aromatic rings. The number of benzene rings is 2. The standard InChI is InChI=1S/C26H25F3N4O/c1-16(2)17-6-9-19(10-7-17)31-25-20-11-8-18(15-22(20)32-23(33-25)12-14-34-3)24-21(26(27,28)29)5-4-13-30-24/h4-11,13,15-16H,12,14H2,1-3H3,(H,31,32,33). The molecule has 0 amide bonds. The second-order valence-corrected chi connectivity index (χ2v) is 8.26. The molecule has 5 nitrogen and oxygen atoms in total. The van der Waals surface area contributed by atoms with Gasteiger partial charge in [0.1, 0.15) is 11.6 Å². The Kier molecular flexibility index (Phi) is 6.79. The highest BCUT2D eigenvalue weighted by molar-refractivity contribution is 5.93. The fourth-order valence-electron chi connectivity index (χ4n) is 3.68. The Hall–Kier alpha value is -3.52. The number of rotatable bonds is 7. The number of nitrogens with one attached hydrogen (secondary N) is 1. The lowest BCUT2D eigenvalue weighted by atomic mass is 10.0. The molecule has 0 saturated heterocycles. The minimum Gasteiger partial charge on any atom is -0.384 e. The third kappa shape index (κ3) is 5.17. The zero-order valence-corrected chi connectivity index (χ0v) is 19.1. The summed E-state index contributed by atoms with van der Waals surface area (Å²) in [6.07, 6.45) is -2.69. The summed E-state index contributed by atoms with van der Waals surface area (Å²) in [5, 5.41) is 4.03. The summed E-state index contributed by atoms with van der Waals surface area (Å²) < 4.78 is 45.8. The zero-order valence-electron chi connectivity index (χ0n) is 19.1. The van der Waals surface area contributed by atoms with Crippen molar-refractivity contribution in [2.24, 2.45) is 0 Å². The molecular formula is C26H25F3N4O. The Balaban J connectivity index is 1.79. The predicted octanol–water partition coefficient (Wildman–Crippen LogP) is 6.77. The molecule has 2 aromatic heterocycles. The number of pyridine rings is 1. The summed E-state index contributed by atoms with van der Waals surface area (Å²) in [5.74, 6) is 1.53. The zero-order chi connectivity index (χ0) is 24.3. The number of alkyl halides is 3. The van der Waals surface area contributed by atoms with Gasteiger partial charge in [-0.15, -0.1) is 0 Å². The summed E-state index contributed by atoms with van der Waals surface area (Å²) in [7, 11) is 1.59. The predicted molar refractivity (Wildman–Crippen MR) is 127 cm³/mol. The monoisotopic (exact) mass is 466 g/mol. The number of hydrogen-bond donors (Lipinski definition) is 1. The van der Waals surface area contributed by atoms with E-state index >= 15 is 0 Å². The van der Waals surface area contributed by atoms with Gasteiger partial charge in [0.05, 0.1) is 23.4 Å². The van der Waals surface area contributed by atoms with Gasteiger partial charge in [-0.3, -0.25) is 4.98 Å². The summed E-state index contributed by atoms with van der Waals surface area (Å²) in [4.78, 5) is 13.3. The maximum absolute atomic E-state index is 13.5. The van der Waals surface area contributed by atoms with Crippen LogP contribution in [-0.4, -0.2) is 28.7 Å². The Bertz CT molecular complexity index is 1290. The van der Waals surface area contributed by atoms with E-state index in [4.69, 9.17) is 4.74 Å². The first-order chi connectivity index (χ1) is 16.3. The number of anilines is 2. The van der Waals surface area contributed by atoms with Crippen LogP contribution in [0.5, 0.6) is 0 Å². The van der Waals surface area contributed by atoms with E-state index < -0.39 is 11.7 Å². The summed E-state index contributed by atoms with van der Waals surface area (Å²) in [6, 6.07) is 15.4. The largest absolute Gasteiger partial charge is 0.418 e. The fraction of sp³-hybridized carbons (Fsp3) is 0.269. The van der Waals surface area contributed by atoms with Crippen LogP contribution in [0, 0.1) is 0 Å². The van der Waals surface area contributed by atoms with Crippen molar-refractivity contribution in [1.29, 1.82) is 0 Å². The first-order valence-electron chi connectivity index (χ1n) is 11.0. The van der Waals surface area contributed by atoms with Gasteiger partial charge >= 0.3 is 6.18 Å². The van der Waals surface area contributed by atoms with Crippen molar-refractivity contribution in [1.82, 2.24) is 15.0 Å². The van der Waals surface area contributed by atoms with E-state index in [1.165, 1.54) is 17.8 Å². The van der Waals surface area contributed by atoms with Crippen LogP contribution in [0.3, 0.4) is 0 Å². The van der Waals surface area contributed by atoms with E-state index in [1.54, 1.807) is 25.3 Å². The van der Waals surface area contributed by atoms with Crippen molar-refractivity contribution in [3.63, 3.8) is 0 Å². The minimum atomic E-state index is -4.51. The molecule has 0 aliphatic carbocycles. The van der Waals surface area contributed by atoms with E-state index in [2.05, 4.69) is 46.2 Å². The van der Waals surface area contributed by atoms with Crippen molar-refractivity contribution >= 4 is 22.4 Å². The van der Waals surface area contributed by atoms with Crippen molar-refractivity contribution in [2.75, 3.05) is 19.0 Å². The topological polar surface area (TPSA) is 59.9 Å². The van der Waals surface area contributed by atoms with Gasteiger partial charge in [0.25, 0.3) is 0 Å². The number of aromatic nitrogens is 3. The molecule has 2 aromatic carbocycles. The minimum absolute atomic E-state index is 0.132. The normalized spacial score (nSPS) is 11.9. The van der Waals surface area contributed by atoms with Crippen LogP contribution in [-0.2, 0) is 17.3 Å². The molecule has 0 atom stereocenters. The van der Waals surface area contributed by atoms with Crippen LogP contribution in [0.2, 0.25) is 0 Å². The van der Waals surface area contributed by atoms with Crippen molar-refractivity contribution < 1.29 is 17.9 Å². The Morgan fingerprint density at radius 1 is 1.00 bits per heavy atom. The van der Waals surface area contributed by atoms with Gasteiger partial charge in [-0.1, -0.05) is 32.0 Å². The highest BCUT2D eigenvalue weighted by atomic mass is 19.4. The third-order valence-corrected chi connectivity index (χ3v) is 5.50. The molecule has 0 saturated carbocycles. The molecule has 0 fully saturated rings. The van der Waals surface area contributed by atoms with Crippen LogP contribution in [0.1, 0.15) is 36.7 Å². The molecule has 8 heteroatoms. The molecular weight excluding hydrogens is 441 g/mol. The third-order valence-electron chi connectivity index (χ3n) is 5.50. The lowest BCUT2D eigenvalue weighted by molar-refractivity contribution is -0.137. The van der Waals surface area contributed by atoms with Crippen LogP contribution in [0.4, 0.5) is 24.7 Å². The smallest absolute Gasteiger partial charge is 0.384 e. The first kappa shape index (κ1) is 23.6. The van der Waals surface area contributed by atoms with Gasteiger partial charge < -0.3 is 10.1 Å². The highest BCUT2D eigenvalue weighted by Gasteiger charge is 2.34. The molecule has 176 valence electrons. The Morgan fingerprint density at radius 3 is 2.44 bits per heavy atom. The first-order valence-corrected chi connectivity index (χ1v) is 11.0. The fourth-order valence-corrected chi connectivity index (χ4v) is 3.68. The quantitative estimate of drug-likeness (QED) is 0.326. The summed E-state index contributed by atoms with van der Waals surface area (Å²) in [5.41, 5.74) is 2.02. The van der Waals surface area contributed by atoms with Crippen molar-refractivity contribution in [2.45, 2.75) is 32.4 Å². The van der Waals surface area contributed by atoms with Crippen molar-refractivity contribution in [3.8, 4) is 11.3 Å². The average molecular weight is 467 g/mol. The molecule has 4 rings (SSSR count). The second-order valence-electron chi connectivity index (χ2n) is 8.26. The van der Waals surface area contributed by atoms with Gasteiger partial charge in [0, 0.05) is 36.4 Å². The summed E-state index contributed by atoms with van der Waals surface area (Å²) >= 11 is 0. The van der Waals surface area contributed by atoms with E-state index in [0.717, 1.165) is 11.8 Å². The maximum atomic E-state index is 13.5. The van der Waals surface area contributed by atoms with Crippen LogP contribution < -0.4 is 5.32 Å². The number of hydrogen-bond acceptors (Lipinski definition) is 5. The number of fused-ring (bicyclic) bond motifs is 1. The number of ether oxygens (including phenoxy) is 1. The molecule has 0 unspecified atom stereocenters. The average Bonchev–Trinajstić information content (AvgIpc) is 2.82. The molecule has 1 N–H and O–H groups in total. The molecule has 0 aliphatic heterocycles. The number of halogens is 3. The molecule has 34 heavy (non-hydrogen) atoms. The van der Waals surface area contributed by atoms with Gasteiger partial charge in [-0.05, 0) is 47.9 Å². The lowest BCUT2D eigenvalue weighted by Crippen LogP contribution is -2.08. The number of methoxy groups -OCH3 is 1. The van der Waals surface area contributed by atoms with Gasteiger partial charge in [0.15, 0.2) is 0 Å². The van der Waals surface area contributed by atoms with Crippen LogP contribution in [0.25, 0.3) is 22.2 Å². The molecule has 0 radical (unpaired) electrons. The van der Waals surface area contributed by atoms with Crippen molar-refractivity contribution in [3.05, 3.63) is 77.7 Å². The SMILES string of the molecule is COCCc1nc(Nc2ccc(C(C)C)cc2)c2ccc(-c3ncccc3C(F)(F)F)cc2n1.